The maximum absolute atomic E-state index is 12.5. The molecule has 0 aliphatic carbocycles. The van der Waals surface area contributed by atoms with Crippen molar-refractivity contribution < 1.29 is 22.1 Å². The maximum Gasteiger partial charge on any atom is 0.407 e. The van der Waals surface area contributed by atoms with Gasteiger partial charge in [-0.3, -0.25) is 0 Å². The topological polar surface area (TPSA) is 84.9 Å². The second-order valence-electron chi connectivity index (χ2n) is 8.14. The summed E-state index contributed by atoms with van der Waals surface area (Å²) in [4.78, 5) is 13.6. The Bertz CT molecular complexity index is 989. The lowest BCUT2D eigenvalue weighted by Crippen LogP contribution is -2.34. The zero-order chi connectivity index (χ0) is 23.1. The SMILES string of the molecule is CN(CCCNC(=O)OC(C)(C)C)Cc1cccc(OS(=O)(=O)c2ccccc2Cl)c1. The molecule has 0 atom stereocenters. The molecule has 0 bridgehead atoms. The molecule has 2 aromatic carbocycles. The number of alkyl carbamates (subject to hydrolysis) is 1. The number of amides is 1. The first-order chi connectivity index (χ1) is 14.5. The van der Waals surface area contributed by atoms with Gasteiger partial charge in [0.2, 0.25) is 0 Å². The molecule has 0 saturated carbocycles. The third kappa shape index (κ3) is 8.77. The minimum atomic E-state index is -4.03. The van der Waals surface area contributed by atoms with Crippen LogP contribution in [0.15, 0.2) is 53.4 Å². The fourth-order valence-electron chi connectivity index (χ4n) is 2.76. The Kier molecular flexibility index (Phi) is 8.73. The van der Waals surface area contributed by atoms with Crippen LogP contribution in [-0.4, -0.2) is 45.1 Å². The predicted octanol–water partition coefficient (Wildman–Crippen LogP) is 4.45. The van der Waals surface area contributed by atoms with Crippen LogP contribution in [0, 0.1) is 0 Å². The molecule has 0 heterocycles. The number of hydrogen-bond donors (Lipinski definition) is 1. The average molecular weight is 469 g/mol. The van der Waals surface area contributed by atoms with Crippen LogP contribution in [0.2, 0.25) is 5.02 Å². The van der Waals surface area contributed by atoms with Crippen LogP contribution in [0.25, 0.3) is 0 Å². The van der Waals surface area contributed by atoms with Gasteiger partial charge in [-0.1, -0.05) is 35.9 Å². The fourth-order valence-corrected chi connectivity index (χ4v) is 4.18. The van der Waals surface area contributed by atoms with E-state index in [2.05, 4.69) is 10.2 Å². The molecule has 1 amide bonds. The van der Waals surface area contributed by atoms with Gasteiger partial charge in [0.15, 0.2) is 0 Å². The molecule has 0 aromatic heterocycles. The molecule has 170 valence electrons. The molecule has 0 radical (unpaired) electrons. The Labute approximate surface area is 189 Å². The second-order valence-corrected chi connectivity index (χ2v) is 10.1. The zero-order valence-electron chi connectivity index (χ0n) is 18.2. The van der Waals surface area contributed by atoms with Gasteiger partial charge in [-0.2, -0.15) is 8.42 Å². The number of ether oxygens (including phenoxy) is 1. The van der Waals surface area contributed by atoms with E-state index >= 15 is 0 Å². The highest BCUT2D eigenvalue weighted by molar-refractivity contribution is 7.87. The Hall–Kier alpha value is -2.29. The largest absolute Gasteiger partial charge is 0.444 e. The standard InChI is InChI=1S/C22H29ClN2O5S/c1-22(2,3)29-21(26)24-13-8-14-25(4)16-17-9-7-10-18(15-17)30-31(27,28)20-12-6-5-11-19(20)23/h5-7,9-12,15H,8,13-14,16H2,1-4H3,(H,24,26). The van der Waals surface area contributed by atoms with E-state index in [1.807, 2.05) is 33.9 Å². The van der Waals surface area contributed by atoms with Gasteiger partial charge in [-0.05, 0) is 70.6 Å². The number of carbonyl (C=O) groups is 1. The van der Waals surface area contributed by atoms with Crippen molar-refractivity contribution in [3.8, 4) is 5.75 Å². The van der Waals surface area contributed by atoms with Crippen molar-refractivity contribution >= 4 is 27.8 Å². The quantitative estimate of drug-likeness (QED) is 0.432. The first-order valence-corrected chi connectivity index (χ1v) is 11.7. The number of hydrogen-bond acceptors (Lipinski definition) is 6. The predicted molar refractivity (Wildman–Crippen MR) is 121 cm³/mol. The lowest BCUT2D eigenvalue weighted by atomic mass is 10.2. The summed E-state index contributed by atoms with van der Waals surface area (Å²) in [6, 6.07) is 13.1. The van der Waals surface area contributed by atoms with E-state index in [4.69, 9.17) is 20.5 Å². The van der Waals surface area contributed by atoms with E-state index < -0.39 is 21.8 Å². The minimum absolute atomic E-state index is 0.0725. The molecule has 9 heteroatoms. The summed E-state index contributed by atoms with van der Waals surface area (Å²) in [7, 11) is -2.08. The van der Waals surface area contributed by atoms with E-state index in [0.29, 0.717) is 13.1 Å². The molecule has 31 heavy (non-hydrogen) atoms. The minimum Gasteiger partial charge on any atom is -0.444 e. The van der Waals surface area contributed by atoms with E-state index in [0.717, 1.165) is 18.5 Å². The molecular formula is C22H29ClN2O5S. The fraction of sp³-hybridized carbons (Fsp3) is 0.409. The molecule has 0 spiro atoms. The van der Waals surface area contributed by atoms with E-state index in [1.54, 1.807) is 30.3 Å². The lowest BCUT2D eigenvalue weighted by Gasteiger charge is -2.20. The third-order valence-corrected chi connectivity index (χ3v) is 5.80. The molecule has 0 aliphatic heterocycles. The van der Waals surface area contributed by atoms with Gasteiger partial charge in [0, 0.05) is 13.1 Å². The third-order valence-electron chi connectivity index (χ3n) is 4.05. The molecule has 0 aliphatic rings. The summed E-state index contributed by atoms with van der Waals surface area (Å²) < 4.78 is 35.5. The highest BCUT2D eigenvalue weighted by Crippen LogP contribution is 2.25. The average Bonchev–Trinajstić information content (AvgIpc) is 2.64. The van der Waals surface area contributed by atoms with Gasteiger partial charge in [-0.15, -0.1) is 0 Å². The van der Waals surface area contributed by atoms with Crippen molar-refractivity contribution in [3.05, 3.63) is 59.1 Å². The Morgan fingerprint density at radius 3 is 2.52 bits per heavy atom. The van der Waals surface area contributed by atoms with Crippen LogP contribution in [0.4, 0.5) is 4.79 Å². The number of benzene rings is 2. The molecule has 0 saturated heterocycles. The smallest absolute Gasteiger partial charge is 0.407 e. The highest BCUT2D eigenvalue weighted by atomic mass is 35.5. The molecule has 0 fully saturated rings. The molecule has 2 rings (SSSR count). The molecule has 1 N–H and O–H groups in total. The van der Waals surface area contributed by atoms with Crippen molar-refractivity contribution in [2.24, 2.45) is 0 Å². The Morgan fingerprint density at radius 1 is 1.13 bits per heavy atom. The molecule has 2 aromatic rings. The van der Waals surface area contributed by atoms with Gasteiger partial charge in [0.05, 0.1) is 5.02 Å². The number of nitrogens with one attached hydrogen (secondary N) is 1. The lowest BCUT2D eigenvalue weighted by molar-refractivity contribution is 0.0526. The Morgan fingerprint density at radius 2 is 1.84 bits per heavy atom. The van der Waals surface area contributed by atoms with E-state index in [1.165, 1.54) is 12.1 Å². The van der Waals surface area contributed by atoms with Gasteiger partial charge >= 0.3 is 16.2 Å². The van der Waals surface area contributed by atoms with Crippen molar-refractivity contribution in [2.45, 2.75) is 44.2 Å². The second kappa shape index (κ2) is 10.8. The summed E-state index contributed by atoms with van der Waals surface area (Å²) in [6.45, 7) is 7.28. The highest BCUT2D eigenvalue weighted by Gasteiger charge is 2.20. The Balaban J connectivity index is 1.86. The van der Waals surface area contributed by atoms with Gasteiger partial charge in [-0.25, -0.2) is 4.79 Å². The molecule has 0 unspecified atom stereocenters. The van der Waals surface area contributed by atoms with Crippen LogP contribution in [-0.2, 0) is 21.4 Å². The van der Waals surface area contributed by atoms with Crippen molar-refractivity contribution in [2.75, 3.05) is 20.1 Å². The summed E-state index contributed by atoms with van der Waals surface area (Å²) in [6.07, 6.45) is 0.312. The normalized spacial score (nSPS) is 11.9. The van der Waals surface area contributed by atoms with Crippen LogP contribution in [0.3, 0.4) is 0 Å². The number of halogens is 1. The van der Waals surface area contributed by atoms with Gasteiger partial charge in [0.25, 0.3) is 0 Å². The van der Waals surface area contributed by atoms with Crippen LogP contribution in [0.1, 0.15) is 32.8 Å². The molecule has 7 nitrogen and oxygen atoms in total. The van der Waals surface area contributed by atoms with E-state index in [9.17, 15) is 13.2 Å². The van der Waals surface area contributed by atoms with Gasteiger partial charge < -0.3 is 19.1 Å². The van der Waals surface area contributed by atoms with E-state index in [-0.39, 0.29) is 15.7 Å². The first kappa shape index (κ1) is 25.0. The summed E-state index contributed by atoms with van der Waals surface area (Å²) in [5, 5.41) is 2.84. The van der Waals surface area contributed by atoms with Crippen LogP contribution in [0.5, 0.6) is 5.75 Å². The van der Waals surface area contributed by atoms with Crippen LogP contribution >= 0.6 is 11.6 Å². The van der Waals surface area contributed by atoms with Crippen molar-refractivity contribution in [1.29, 1.82) is 0 Å². The number of carbonyl (C=O) groups excluding carboxylic acids is 1. The monoisotopic (exact) mass is 468 g/mol. The maximum atomic E-state index is 12.5. The summed E-state index contributed by atoms with van der Waals surface area (Å²) in [5.41, 5.74) is 0.377. The summed E-state index contributed by atoms with van der Waals surface area (Å²) in [5.74, 6) is 0.220. The van der Waals surface area contributed by atoms with Crippen molar-refractivity contribution in [1.82, 2.24) is 10.2 Å². The first-order valence-electron chi connectivity index (χ1n) is 9.90. The van der Waals surface area contributed by atoms with Gasteiger partial charge in [0.1, 0.15) is 16.2 Å². The number of nitrogens with zero attached hydrogens (tertiary/aromatic N) is 1. The van der Waals surface area contributed by atoms with Crippen molar-refractivity contribution in [3.63, 3.8) is 0 Å². The summed E-state index contributed by atoms with van der Waals surface area (Å²) >= 11 is 5.99. The zero-order valence-corrected chi connectivity index (χ0v) is 19.8. The van der Waals surface area contributed by atoms with Crippen LogP contribution < -0.4 is 9.50 Å². The number of rotatable bonds is 9. The molecular weight excluding hydrogens is 440 g/mol.